The number of nitrogens with zero attached hydrogens (tertiary/aromatic N) is 3. The molecule has 1 aliphatic heterocycles. The highest BCUT2D eigenvalue weighted by Gasteiger charge is 2.30. The van der Waals surface area contributed by atoms with Crippen LogP contribution in [0.2, 0.25) is 0 Å². The highest BCUT2D eigenvalue weighted by molar-refractivity contribution is 7.91. The van der Waals surface area contributed by atoms with E-state index in [-0.39, 0.29) is 12.8 Å². The maximum atomic E-state index is 12.5. The Kier molecular flexibility index (Phi) is 4.86. The van der Waals surface area contributed by atoms with Crippen molar-refractivity contribution in [3.8, 4) is 0 Å². The first-order valence-corrected chi connectivity index (χ1v) is 10.7. The Labute approximate surface area is 158 Å². The van der Waals surface area contributed by atoms with Crippen molar-refractivity contribution < 1.29 is 17.7 Å². The first kappa shape index (κ1) is 18.0. The van der Waals surface area contributed by atoms with E-state index in [4.69, 9.17) is 4.52 Å². The van der Waals surface area contributed by atoms with Gasteiger partial charge in [0.05, 0.1) is 5.69 Å². The van der Waals surface area contributed by atoms with Crippen LogP contribution in [0.3, 0.4) is 0 Å². The third kappa shape index (κ3) is 3.83. The third-order valence-corrected chi connectivity index (χ3v) is 6.59. The SMILES string of the molecule is O=C(CCc1nc(C2CCCC2)no1)NS(=O)(=O)N1CCc2ccccc21. The molecule has 1 aromatic carbocycles. The van der Waals surface area contributed by atoms with E-state index in [1.54, 1.807) is 12.1 Å². The van der Waals surface area contributed by atoms with Gasteiger partial charge in [0.1, 0.15) is 0 Å². The lowest BCUT2D eigenvalue weighted by atomic mass is 10.1. The fraction of sp³-hybridized carbons (Fsp3) is 0.500. The van der Waals surface area contributed by atoms with Gasteiger partial charge in [0, 0.05) is 25.3 Å². The van der Waals surface area contributed by atoms with E-state index in [0.29, 0.717) is 36.3 Å². The lowest BCUT2D eigenvalue weighted by Gasteiger charge is -2.19. The molecule has 2 aliphatic rings. The van der Waals surface area contributed by atoms with Crippen molar-refractivity contribution in [3.05, 3.63) is 41.5 Å². The minimum Gasteiger partial charge on any atom is -0.339 e. The van der Waals surface area contributed by atoms with Crippen molar-refractivity contribution in [1.29, 1.82) is 0 Å². The second-order valence-electron chi connectivity index (χ2n) is 7.01. The lowest BCUT2D eigenvalue weighted by molar-refractivity contribution is -0.119. The molecule has 9 heteroatoms. The van der Waals surface area contributed by atoms with Crippen LogP contribution in [0, 0.1) is 0 Å². The normalized spacial score (nSPS) is 17.3. The van der Waals surface area contributed by atoms with Gasteiger partial charge in [-0.15, -0.1) is 0 Å². The number of rotatable bonds is 6. The number of para-hydroxylation sites is 1. The second-order valence-corrected chi connectivity index (χ2v) is 8.60. The maximum absolute atomic E-state index is 12.5. The summed E-state index contributed by atoms with van der Waals surface area (Å²) in [6.45, 7) is 0.330. The van der Waals surface area contributed by atoms with Crippen molar-refractivity contribution in [1.82, 2.24) is 14.9 Å². The third-order valence-electron chi connectivity index (χ3n) is 5.15. The molecule has 0 unspecified atom stereocenters. The van der Waals surface area contributed by atoms with Crippen molar-refractivity contribution in [3.63, 3.8) is 0 Å². The molecule has 1 amide bonds. The fourth-order valence-electron chi connectivity index (χ4n) is 3.75. The monoisotopic (exact) mass is 390 g/mol. The van der Waals surface area contributed by atoms with Gasteiger partial charge >= 0.3 is 10.2 Å². The first-order valence-electron chi connectivity index (χ1n) is 9.26. The quantitative estimate of drug-likeness (QED) is 0.810. The number of aryl methyl sites for hydroxylation is 1. The summed E-state index contributed by atoms with van der Waals surface area (Å²) in [5, 5.41) is 3.99. The molecule has 0 bridgehead atoms. The average Bonchev–Trinajstić information content (AvgIpc) is 3.38. The number of fused-ring (bicyclic) bond motifs is 1. The van der Waals surface area contributed by atoms with Crippen LogP contribution in [0.5, 0.6) is 0 Å². The van der Waals surface area contributed by atoms with Gasteiger partial charge < -0.3 is 4.52 Å². The van der Waals surface area contributed by atoms with Gasteiger partial charge in [-0.1, -0.05) is 36.2 Å². The van der Waals surface area contributed by atoms with E-state index < -0.39 is 16.1 Å². The Morgan fingerprint density at radius 1 is 1.26 bits per heavy atom. The molecule has 2 heterocycles. The van der Waals surface area contributed by atoms with Crippen LogP contribution in [-0.4, -0.2) is 31.0 Å². The van der Waals surface area contributed by atoms with Gasteiger partial charge in [-0.05, 0) is 30.9 Å². The van der Waals surface area contributed by atoms with E-state index >= 15 is 0 Å². The molecule has 1 aliphatic carbocycles. The molecule has 1 saturated carbocycles. The molecule has 8 nitrogen and oxygen atoms in total. The van der Waals surface area contributed by atoms with E-state index in [2.05, 4.69) is 14.9 Å². The van der Waals surface area contributed by atoms with E-state index in [9.17, 15) is 13.2 Å². The largest absolute Gasteiger partial charge is 0.339 e. The van der Waals surface area contributed by atoms with Crippen LogP contribution in [0.25, 0.3) is 0 Å². The molecule has 0 atom stereocenters. The number of amides is 1. The molecule has 144 valence electrons. The van der Waals surface area contributed by atoms with Crippen LogP contribution < -0.4 is 9.03 Å². The Morgan fingerprint density at radius 3 is 2.85 bits per heavy atom. The molecule has 2 aromatic rings. The summed E-state index contributed by atoms with van der Waals surface area (Å²) >= 11 is 0. The van der Waals surface area contributed by atoms with Crippen molar-refractivity contribution in [2.24, 2.45) is 0 Å². The van der Waals surface area contributed by atoms with Crippen LogP contribution in [0.15, 0.2) is 28.8 Å². The van der Waals surface area contributed by atoms with Gasteiger partial charge in [0.2, 0.25) is 11.8 Å². The Hall–Kier alpha value is -2.42. The van der Waals surface area contributed by atoms with Crippen molar-refractivity contribution in [2.75, 3.05) is 10.8 Å². The summed E-state index contributed by atoms with van der Waals surface area (Å²) in [6.07, 6.45) is 5.31. The molecule has 1 fully saturated rings. The summed E-state index contributed by atoms with van der Waals surface area (Å²) in [5.74, 6) is 0.826. The Bertz CT molecular complexity index is 934. The number of benzene rings is 1. The van der Waals surface area contributed by atoms with Gasteiger partial charge in [0.15, 0.2) is 5.82 Å². The summed E-state index contributed by atoms with van der Waals surface area (Å²) in [5.41, 5.74) is 1.58. The molecule has 1 aromatic heterocycles. The fourth-order valence-corrected chi connectivity index (χ4v) is 5.02. The smallest absolute Gasteiger partial charge is 0.326 e. The molecular weight excluding hydrogens is 368 g/mol. The predicted octanol–water partition coefficient (Wildman–Crippen LogP) is 2.08. The molecule has 1 N–H and O–H groups in total. The summed E-state index contributed by atoms with van der Waals surface area (Å²) < 4.78 is 33.7. The van der Waals surface area contributed by atoms with Crippen LogP contribution in [-0.2, 0) is 27.8 Å². The number of hydrogen-bond acceptors (Lipinski definition) is 6. The first-order chi connectivity index (χ1) is 13.0. The average molecular weight is 390 g/mol. The van der Waals surface area contributed by atoms with Crippen molar-refractivity contribution >= 4 is 21.8 Å². The molecule has 0 saturated heterocycles. The van der Waals surface area contributed by atoms with Gasteiger partial charge in [-0.25, -0.2) is 4.72 Å². The highest BCUT2D eigenvalue weighted by atomic mass is 32.2. The number of anilines is 1. The van der Waals surface area contributed by atoms with E-state index in [0.717, 1.165) is 18.4 Å². The highest BCUT2D eigenvalue weighted by Crippen LogP contribution is 2.32. The standard InChI is InChI=1S/C18H22N4O4S/c23-16(9-10-17-19-18(20-26-17)14-6-1-2-7-14)21-27(24,25)22-12-11-13-5-3-4-8-15(13)22/h3-5,8,14H,1-2,6-7,9-12H2,(H,21,23). The molecule has 27 heavy (non-hydrogen) atoms. The summed E-state index contributed by atoms with van der Waals surface area (Å²) in [7, 11) is -3.92. The lowest BCUT2D eigenvalue weighted by Crippen LogP contribution is -2.42. The van der Waals surface area contributed by atoms with Gasteiger partial charge in [0.25, 0.3) is 0 Å². The predicted molar refractivity (Wildman–Crippen MR) is 98.4 cm³/mol. The second kappa shape index (κ2) is 7.30. The topological polar surface area (TPSA) is 105 Å². The zero-order chi connectivity index (χ0) is 18.9. The minimum atomic E-state index is -3.92. The summed E-state index contributed by atoms with van der Waals surface area (Å²) in [6, 6.07) is 7.29. The zero-order valence-electron chi connectivity index (χ0n) is 14.9. The number of carbonyl (C=O) groups is 1. The van der Waals surface area contributed by atoms with E-state index in [1.807, 2.05) is 12.1 Å². The molecule has 0 radical (unpaired) electrons. The molecular formula is C18H22N4O4S. The van der Waals surface area contributed by atoms with E-state index in [1.165, 1.54) is 17.1 Å². The maximum Gasteiger partial charge on any atom is 0.326 e. The number of aromatic nitrogens is 2. The number of carbonyl (C=O) groups excluding carboxylic acids is 1. The Balaban J connectivity index is 1.34. The number of nitrogens with one attached hydrogen (secondary N) is 1. The van der Waals surface area contributed by atoms with Gasteiger partial charge in [-0.2, -0.15) is 13.4 Å². The zero-order valence-corrected chi connectivity index (χ0v) is 15.7. The Morgan fingerprint density at radius 2 is 2.04 bits per heavy atom. The summed E-state index contributed by atoms with van der Waals surface area (Å²) in [4.78, 5) is 16.5. The number of hydrogen-bond donors (Lipinski definition) is 1. The van der Waals surface area contributed by atoms with Crippen molar-refractivity contribution in [2.45, 2.75) is 50.9 Å². The molecule has 4 rings (SSSR count). The van der Waals surface area contributed by atoms with Crippen LogP contribution >= 0.6 is 0 Å². The minimum absolute atomic E-state index is 0.0268. The van der Waals surface area contributed by atoms with Crippen LogP contribution in [0.4, 0.5) is 5.69 Å². The van der Waals surface area contributed by atoms with Gasteiger partial charge in [-0.3, -0.25) is 9.10 Å². The van der Waals surface area contributed by atoms with Crippen LogP contribution in [0.1, 0.15) is 55.3 Å². The molecule has 0 spiro atoms.